The number of carboxylic acid groups (broad SMARTS) is 1. The zero-order valence-corrected chi connectivity index (χ0v) is 18.7. The summed E-state index contributed by atoms with van der Waals surface area (Å²) < 4.78 is 0. The van der Waals surface area contributed by atoms with Crippen LogP contribution in [0.2, 0.25) is 0 Å². The Kier molecular flexibility index (Phi) is 12.0. The van der Waals surface area contributed by atoms with Crippen LogP contribution in [0.25, 0.3) is 0 Å². The van der Waals surface area contributed by atoms with Crippen LogP contribution in [0.1, 0.15) is 31.2 Å². The van der Waals surface area contributed by atoms with Crippen molar-refractivity contribution in [3.8, 4) is 5.75 Å². The number of amides is 4. The Morgan fingerprint density at radius 1 is 0.912 bits per heavy atom. The standard InChI is InChI=1S/C21H32N6O7/c22-8-2-1-3-15(26-19(32)14(23)10-17(24)29)21(34)27-16(20(33)25-11-18(30)31)9-12-4-6-13(28)7-5-12/h4-7,14-16,28H,1-3,8-11,22-23H2,(H2,24,29)(H,25,33)(H,26,32)(H,27,34)(H,30,31). The van der Waals surface area contributed by atoms with Crippen LogP contribution in [0.5, 0.6) is 5.75 Å². The van der Waals surface area contributed by atoms with Crippen molar-refractivity contribution in [2.24, 2.45) is 17.2 Å². The predicted octanol–water partition coefficient (Wildman–Crippen LogP) is -2.56. The molecule has 0 aromatic heterocycles. The molecule has 13 heteroatoms. The average Bonchev–Trinajstić information content (AvgIpc) is 2.77. The molecule has 13 nitrogen and oxygen atoms in total. The average molecular weight is 481 g/mol. The number of carbonyl (C=O) groups is 5. The molecule has 1 rings (SSSR count). The van der Waals surface area contributed by atoms with Crippen molar-refractivity contribution in [3.63, 3.8) is 0 Å². The van der Waals surface area contributed by atoms with E-state index in [4.69, 9.17) is 22.3 Å². The minimum atomic E-state index is -1.27. The van der Waals surface area contributed by atoms with E-state index in [9.17, 15) is 29.1 Å². The fraction of sp³-hybridized carbons (Fsp3) is 0.476. The van der Waals surface area contributed by atoms with Gasteiger partial charge in [0.1, 0.15) is 24.4 Å². The zero-order valence-electron chi connectivity index (χ0n) is 18.7. The van der Waals surface area contributed by atoms with E-state index in [1.165, 1.54) is 12.1 Å². The maximum absolute atomic E-state index is 13.0. The first kappa shape index (κ1) is 28.3. The monoisotopic (exact) mass is 480 g/mol. The Hall–Kier alpha value is -3.71. The van der Waals surface area contributed by atoms with Crippen LogP contribution in [0.15, 0.2) is 24.3 Å². The molecule has 3 atom stereocenters. The van der Waals surface area contributed by atoms with E-state index in [0.29, 0.717) is 24.9 Å². The quantitative estimate of drug-likeness (QED) is 0.123. The summed E-state index contributed by atoms with van der Waals surface area (Å²) in [5.74, 6) is -4.26. The predicted molar refractivity (Wildman–Crippen MR) is 121 cm³/mol. The summed E-state index contributed by atoms with van der Waals surface area (Å²) in [7, 11) is 0. The van der Waals surface area contributed by atoms with Crippen LogP contribution >= 0.6 is 0 Å². The molecule has 11 N–H and O–H groups in total. The first-order chi connectivity index (χ1) is 16.0. The molecule has 0 aliphatic rings. The molecular weight excluding hydrogens is 448 g/mol. The Balaban J connectivity index is 3.01. The highest BCUT2D eigenvalue weighted by molar-refractivity contribution is 5.94. The van der Waals surface area contributed by atoms with Crippen LogP contribution < -0.4 is 33.2 Å². The summed E-state index contributed by atoms with van der Waals surface area (Å²) in [6.45, 7) is -0.288. The number of nitrogens with two attached hydrogens (primary N) is 3. The van der Waals surface area contributed by atoms with Crippen LogP contribution in [0, 0.1) is 0 Å². The van der Waals surface area contributed by atoms with Crippen molar-refractivity contribution >= 4 is 29.6 Å². The zero-order chi connectivity index (χ0) is 25.7. The number of aromatic hydroxyl groups is 1. The SMILES string of the molecule is NCCCCC(NC(=O)C(N)CC(N)=O)C(=O)NC(Cc1ccc(O)cc1)C(=O)NCC(=O)O. The maximum atomic E-state index is 13.0. The summed E-state index contributed by atoms with van der Waals surface area (Å²) in [5, 5.41) is 25.5. The molecule has 188 valence electrons. The van der Waals surface area contributed by atoms with E-state index >= 15 is 0 Å². The van der Waals surface area contributed by atoms with Gasteiger partial charge in [-0.3, -0.25) is 24.0 Å². The number of aliphatic carboxylic acids is 1. The van der Waals surface area contributed by atoms with Gasteiger partial charge in [0.05, 0.1) is 12.5 Å². The van der Waals surface area contributed by atoms with Crippen LogP contribution in [-0.2, 0) is 30.4 Å². The third-order valence-corrected chi connectivity index (χ3v) is 4.76. The van der Waals surface area contributed by atoms with Gasteiger partial charge in [0.15, 0.2) is 0 Å². The van der Waals surface area contributed by atoms with Crippen LogP contribution in [0.4, 0.5) is 0 Å². The number of hydrogen-bond donors (Lipinski definition) is 8. The smallest absolute Gasteiger partial charge is 0.322 e. The van der Waals surface area contributed by atoms with Crippen molar-refractivity contribution in [2.75, 3.05) is 13.1 Å². The normalized spacial score (nSPS) is 13.2. The molecule has 34 heavy (non-hydrogen) atoms. The highest BCUT2D eigenvalue weighted by atomic mass is 16.4. The van der Waals surface area contributed by atoms with Gasteiger partial charge in [0.2, 0.25) is 23.6 Å². The number of unbranched alkanes of at least 4 members (excludes halogenated alkanes) is 1. The minimum Gasteiger partial charge on any atom is -0.508 e. The molecule has 0 fully saturated rings. The van der Waals surface area contributed by atoms with Gasteiger partial charge >= 0.3 is 5.97 Å². The Morgan fingerprint density at radius 2 is 1.53 bits per heavy atom. The summed E-state index contributed by atoms with van der Waals surface area (Å²) in [4.78, 5) is 59.8. The highest BCUT2D eigenvalue weighted by Crippen LogP contribution is 2.12. The number of carbonyl (C=O) groups excluding carboxylic acids is 4. The lowest BCUT2D eigenvalue weighted by atomic mass is 10.0. The Bertz CT molecular complexity index is 862. The molecule has 0 aliphatic carbocycles. The van der Waals surface area contributed by atoms with Crippen molar-refractivity contribution in [1.82, 2.24) is 16.0 Å². The van der Waals surface area contributed by atoms with Gasteiger partial charge in [-0.25, -0.2) is 0 Å². The molecule has 3 unspecified atom stereocenters. The number of phenols is 1. The van der Waals surface area contributed by atoms with Gasteiger partial charge in [-0.2, -0.15) is 0 Å². The first-order valence-corrected chi connectivity index (χ1v) is 10.7. The minimum absolute atomic E-state index is 0.00893. The lowest BCUT2D eigenvalue weighted by Gasteiger charge is -2.24. The van der Waals surface area contributed by atoms with Crippen molar-refractivity contribution < 1.29 is 34.2 Å². The summed E-state index contributed by atoms with van der Waals surface area (Å²) >= 11 is 0. The van der Waals surface area contributed by atoms with E-state index in [2.05, 4.69) is 16.0 Å². The number of carboxylic acids is 1. The van der Waals surface area contributed by atoms with Crippen molar-refractivity contribution in [3.05, 3.63) is 29.8 Å². The molecule has 0 aliphatic heterocycles. The summed E-state index contributed by atoms with van der Waals surface area (Å²) in [6, 6.07) is 2.37. The van der Waals surface area contributed by atoms with Crippen LogP contribution in [-0.4, -0.2) is 71.0 Å². The molecule has 1 aromatic carbocycles. The third kappa shape index (κ3) is 10.7. The number of hydrogen-bond acceptors (Lipinski definition) is 8. The molecule has 0 saturated carbocycles. The molecule has 0 radical (unpaired) electrons. The van der Waals surface area contributed by atoms with Gasteiger partial charge in [-0.15, -0.1) is 0 Å². The second-order valence-corrected chi connectivity index (χ2v) is 7.67. The summed E-state index contributed by atoms with van der Waals surface area (Å²) in [6.07, 6.45) is 0.809. The molecule has 0 spiro atoms. The Labute approximate surface area is 196 Å². The number of rotatable bonds is 15. The van der Waals surface area contributed by atoms with E-state index in [0.717, 1.165) is 0 Å². The second kappa shape index (κ2) is 14.4. The fourth-order valence-corrected chi connectivity index (χ4v) is 2.99. The van der Waals surface area contributed by atoms with Crippen molar-refractivity contribution in [2.45, 2.75) is 50.2 Å². The van der Waals surface area contributed by atoms with Gasteiger partial charge in [-0.1, -0.05) is 12.1 Å². The first-order valence-electron chi connectivity index (χ1n) is 10.7. The van der Waals surface area contributed by atoms with Gasteiger partial charge in [-0.05, 0) is 43.5 Å². The number of nitrogens with one attached hydrogen (secondary N) is 3. The lowest BCUT2D eigenvalue weighted by Crippen LogP contribution is -2.56. The van der Waals surface area contributed by atoms with E-state index < -0.39 is 60.7 Å². The second-order valence-electron chi connectivity index (χ2n) is 7.67. The largest absolute Gasteiger partial charge is 0.508 e. The third-order valence-electron chi connectivity index (χ3n) is 4.76. The topological polar surface area (TPSA) is 240 Å². The van der Waals surface area contributed by atoms with Crippen molar-refractivity contribution in [1.29, 1.82) is 0 Å². The maximum Gasteiger partial charge on any atom is 0.322 e. The molecule has 0 saturated heterocycles. The number of benzene rings is 1. The fourth-order valence-electron chi connectivity index (χ4n) is 2.99. The van der Waals surface area contributed by atoms with Crippen LogP contribution in [0.3, 0.4) is 0 Å². The van der Waals surface area contributed by atoms with E-state index in [1.807, 2.05) is 0 Å². The van der Waals surface area contributed by atoms with E-state index in [1.54, 1.807) is 12.1 Å². The number of primary amides is 1. The lowest BCUT2D eigenvalue weighted by molar-refractivity contribution is -0.138. The van der Waals surface area contributed by atoms with Gasteiger partial charge in [0.25, 0.3) is 0 Å². The van der Waals surface area contributed by atoms with Gasteiger partial charge < -0.3 is 43.4 Å². The summed E-state index contributed by atoms with van der Waals surface area (Å²) in [5.41, 5.74) is 16.8. The van der Waals surface area contributed by atoms with E-state index in [-0.39, 0.29) is 18.6 Å². The molecular formula is C21H32N6O7. The highest BCUT2D eigenvalue weighted by Gasteiger charge is 2.28. The molecule has 0 heterocycles. The molecule has 4 amide bonds. The van der Waals surface area contributed by atoms with Gasteiger partial charge in [0, 0.05) is 6.42 Å². The number of phenolic OH excluding ortho intramolecular Hbond substituents is 1. The Morgan fingerprint density at radius 3 is 2.09 bits per heavy atom. The molecule has 0 bridgehead atoms. The molecule has 1 aromatic rings.